The largest absolute Gasteiger partial charge is 0.466 e. The van der Waals surface area contributed by atoms with E-state index in [0.29, 0.717) is 5.57 Å². The van der Waals surface area contributed by atoms with Crippen molar-refractivity contribution in [3.63, 3.8) is 0 Å². The van der Waals surface area contributed by atoms with Crippen LogP contribution in [0.3, 0.4) is 0 Å². The van der Waals surface area contributed by atoms with Crippen LogP contribution in [0.15, 0.2) is 35.9 Å². The summed E-state index contributed by atoms with van der Waals surface area (Å²) in [6.07, 6.45) is 1.90. The summed E-state index contributed by atoms with van der Waals surface area (Å²) in [5.74, 6) is -0.485. The third kappa shape index (κ3) is 4.29. The van der Waals surface area contributed by atoms with Gasteiger partial charge >= 0.3 is 5.97 Å². The van der Waals surface area contributed by atoms with Crippen molar-refractivity contribution in [1.29, 1.82) is 0 Å². The number of piperazine rings is 1. The molecule has 1 heterocycles. The van der Waals surface area contributed by atoms with E-state index in [2.05, 4.69) is 14.5 Å². The van der Waals surface area contributed by atoms with Crippen LogP contribution in [0, 0.1) is 5.82 Å². The van der Waals surface area contributed by atoms with Gasteiger partial charge in [-0.2, -0.15) is 0 Å². The molecule has 1 aromatic rings. The molecule has 21 heavy (non-hydrogen) atoms. The summed E-state index contributed by atoms with van der Waals surface area (Å²) in [6.45, 7) is 6.15. The van der Waals surface area contributed by atoms with E-state index in [1.54, 1.807) is 6.92 Å². The first-order chi connectivity index (χ1) is 10.1. The van der Waals surface area contributed by atoms with Crippen LogP contribution in [-0.2, 0) is 9.53 Å². The lowest BCUT2D eigenvalue weighted by Crippen LogP contribution is -2.46. The number of nitrogens with zero attached hydrogens (tertiary/aromatic N) is 2. The smallest absolute Gasteiger partial charge is 0.333 e. The highest BCUT2D eigenvalue weighted by Crippen LogP contribution is 2.16. The average molecular weight is 292 g/mol. The molecule has 0 unspecified atom stereocenters. The molecule has 0 N–H and O–H groups in total. The Kier molecular flexibility index (Phi) is 5.33. The van der Waals surface area contributed by atoms with Gasteiger partial charge in [-0.3, -0.25) is 4.90 Å². The molecule has 1 aromatic carbocycles. The van der Waals surface area contributed by atoms with Crippen molar-refractivity contribution in [2.75, 3.05) is 44.7 Å². The molecule has 1 saturated heterocycles. The number of methoxy groups -OCH3 is 1. The molecule has 0 amide bonds. The van der Waals surface area contributed by atoms with E-state index in [0.717, 1.165) is 38.4 Å². The molecular weight excluding hydrogens is 271 g/mol. The topological polar surface area (TPSA) is 32.8 Å². The van der Waals surface area contributed by atoms with Crippen LogP contribution in [0.2, 0.25) is 0 Å². The number of rotatable bonds is 4. The molecule has 0 radical (unpaired) electrons. The van der Waals surface area contributed by atoms with Crippen LogP contribution in [0.5, 0.6) is 0 Å². The Labute approximate surface area is 124 Å². The standard InChI is InChI=1S/C16H21FN2O2/c1-13(16(20)21-2)7-8-18-9-11-19(12-10-18)15-5-3-14(17)4-6-15/h3-7H,8-12H2,1-2H3. The first kappa shape index (κ1) is 15.5. The van der Waals surface area contributed by atoms with Crippen molar-refractivity contribution >= 4 is 11.7 Å². The van der Waals surface area contributed by atoms with E-state index in [1.165, 1.54) is 19.2 Å². The van der Waals surface area contributed by atoms with Crippen molar-refractivity contribution in [3.8, 4) is 0 Å². The van der Waals surface area contributed by atoms with E-state index in [9.17, 15) is 9.18 Å². The van der Waals surface area contributed by atoms with Crippen LogP contribution >= 0.6 is 0 Å². The fourth-order valence-corrected chi connectivity index (χ4v) is 2.35. The first-order valence-electron chi connectivity index (χ1n) is 7.08. The minimum atomic E-state index is -0.278. The van der Waals surface area contributed by atoms with Gasteiger partial charge in [0.15, 0.2) is 0 Å². The maximum Gasteiger partial charge on any atom is 0.333 e. The fourth-order valence-electron chi connectivity index (χ4n) is 2.35. The van der Waals surface area contributed by atoms with E-state index < -0.39 is 0 Å². The van der Waals surface area contributed by atoms with E-state index >= 15 is 0 Å². The van der Waals surface area contributed by atoms with E-state index in [-0.39, 0.29) is 11.8 Å². The van der Waals surface area contributed by atoms with Gasteiger partial charge in [0.25, 0.3) is 0 Å². The van der Waals surface area contributed by atoms with Crippen molar-refractivity contribution < 1.29 is 13.9 Å². The van der Waals surface area contributed by atoms with Gasteiger partial charge in [0.2, 0.25) is 0 Å². The Morgan fingerprint density at radius 1 is 1.24 bits per heavy atom. The minimum Gasteiger partial charge on any atom is -0.466 e. The van der Waals surface area contributed by atoms with Crippen molar-refractivity contribution in [1.82, 2.24) is 4.90 Å². The molecule has 5 heteroatoms. The monoisotopic (exact) mass is 292 g/mol. The number of ether oxygens (including phenoxy) is 1. The summed E-state index contributed by atoms with van der Waals surface area (Å²) >= 11 is 0. The molecule has 0 bridgehead atoms. The number of esters is 1. The molecule has 4 nitrogen and oxygen atoms in total. The second-order valence-corrected chi connectivity index (χ2v) is 5.14. The number of carbonyl (C=O) groups excluding carboxylic acids is 1. The summed E-state index contributed by atoms with van der Waals surface area (Å²) in [7, 11) is 1.39. The van der Waals surface area contributed by atoms with Crippen LogP contribution in [0.1, 0.15) is 6.92 Å². The maximum atomic E-state index is 12.9. The molecule has 0 aromatic heterocycles. The zero-order valence-corrected chi connectivity index (χ0v) is 12.5. The predicted octanol–water partition coefficient (Wildman–Crippen LogP) is 2.07. The molecule has 0 saturated carbocycles. The number of hydrogen-bond acceptors (Lipinski definition) is 4. The normalized spacial score (nSPS) is 16.9. The van der Waals surface area contributed by atoms with Crippen LogP contribution in [0.4, 0.5) is 10.1 Å². The number of halogens is 1. The maximum absolute atomic E-state index is 12.9. The van der Waals surface area contributed by atoms with Gasteiger partial charge in [-0.15, -0.1) is 0 Å². The second-order valence-electron chi connectivity index (χ2n) is 5.14. The number of carbonyl (C=O) groups is 1. The molecule has 0 atom stereocenters. The highest BCUT2D eigenvalue weighted by molar-refractivity contribution is 5.87. The Bertz CT molecular complexity index is 506. The molecule has 114 valence electrons. The van der Waals surface area contributed by atoms with Crippen LogP contribution < -0.4 is 4.90 Å². The average Bonchev–Trinajstić information content (AvgIpc) is 2.53. The molecule has 1 aliphatic heterocycles. The van der Waals surface area contributed by atoms with E-state index in [1.807, 2.05) is 18.2 Å². The van der Waals surface area contributed by atoms with Gasteiger partial charge in [-0.25, -0.2) is 9.18 Å². The Hall–Kier alpha value is -1.88. The molecule has 0 aliphatic carbocycles. The molecule has 0 spiro atoms. The lowest BCUT2D eigenvalue weighted by Gasteiger charge is -2.35. The lowest BCUT2D eigenvalue weighted by molar-refractivity contribution is -0.136. The zero-order chi connectivity index (χ0) is 15.2. The second kappa shape index (κ2) is 7.22. The van der Waals surface area contributed by atoms with E-state index in [4.69, 9.17) is 0 Å². The third-order valence-electron chi connectivity index (χ3n) is 3.73. The molecular formula is C16H21FN2O2. The van der Waals surface area contributed by atoms with Gasteiger partial charge in [-0.05, 0) is 31.2 Å². The highest BCUT2D eigenvalue weighted by Gasteiger charge is 2.16. The molecule has 2 rings (SSSR count). The summed E-state index contributed by atoms with van der Waals surface area (Å²) in [4.78, 5) is 15.8. The lowest BCUT2D eigenvalue weighted by atomic mass is 10.2. The molecule has 1 aliphatic rings. The van der Waals surface area contributed by atoms with Gasteiger partial charge < -0.3 is 9.64 Å². The van der Waals surface area contributed by atoms with Crippen LogP contribution in [-0.4, -0.2) is 50.7 Å². The summed E-state index contributed by atoms with van der Waals surface area (Å²) in [5, 5.41) is 0. The first-order valence-corrected chi connectivity index (χ1v) is 7.08. The Morgan fingerprint density at radius 2 is 1.86 bits per heavy atom. The quantitative estimate of drug-likeness (QED) is 0.628. The predicted molar refractivity (Wildman–Crippen MR) is 80.8 cm³/mol. The Morgan fingerprint density at radius 3 is 2.43 bits per heavy atom. The number of benzene rings is 1. The van der Waals surface area contributed by atoms with Gasteiger partial charge in [-0.1, -0.05) is 6.08 Å². The van der Waals surface area contributed by atoms with Crippen molar-refractivity contribution in [3.05, 3.63) is 41.7 Å². The van der Waals surface area contributed by atoms with Crippen molar-refractivity contribution in [2.24, 2.45) is 0 Å². The minimum absolute atomic E-state index is 0.208. The SMILES string of the molecule is COC(=O)C(C)=CCN1CCN(c2ccc(F)cc2)CC1. The number of anilines is 1. The van der Waals surface area contributed by atoms with Crippen LogP contribution in [0.25, 0.3) is 0 Å². The van der Waals surface area contributed by atoms with Crippen molar-refractivity contribution in [2.45, 2.75) is 6.92 Å². The summed E-state index contributed by atoms with van der Waals surface area (Å²) in [5.41, 5.74) is 1.69. The number of hydrogen-bond donors (Lipinski definition) is 0. The summed E-state index contributed by atoms with van der Waals surface area (Å²) in [6, 6.07) is 6.60. The van der Waals surface area contributed by atoms with Gasteiger partial charge in [0.1, 0.15) is 5.82 Å². The van der Waals surface area contributed by atoms with Gasteiger partial charge in [0, 0.05) is 44.0 Å². The van der Waals surface area contributed by atoms with Gasteiger partial charge in [0.05, 0.1) is 7.11 Å². The third-order valence-corrected chi connectivity index (χ3v) is 3.73. The highest BCUT2D eigenvalue weighted by atomic mass is 19.1. The Balaban J connectivity index is 1.83. The molecule has 1 fully saturated rings. The zero-order valence-electron chi connectivity index (χ0n) is 12.5. The summed E-state index contributed by atoms with van der Waals surface area (Å²) < 4.78 is 17.6. The fraction of sp³-hybridized carbons (Fsp3) is 0.438.